The molecule has 0 spiro atoms. The van der Waals surface area contributed by atoms with E-state index in [2.05, 4.69) is 32.3 Å². The summed E-state index contributed by atoms with van der Waals surface area (Å²) in [7, 11) is 0. The van der Waals surface area contributed by atoms with Gasteiger partial charge in [0.15, 0.2) is 5.13 Å². The Morgan fingerprint density at radius 1 is 1.50 bits per heavy atom. The van der Waals surface area contributed by atoms with Gasteiger partial charge in [-0.1, -0.05) is 17.4 Å². The van der Waals surface area contributed by atoms with Crippen LogP contribution in [0.25, 0.3) is 0 Å². The van der Waals surface area contributed by atoms with E-state index in [0.717, 1.165) is 31.6 Å². The van der Waals surface area contributed by atoms with Crippen molar-refractivity contribution in [3.63, 3.8) is 0 Å². The third kappa shape index (κ3) is 4.36. The van der Waals surface area contributed by atoms with Crippen LogP contribution in [-0.2, 0) is 17.8 Å². The van der Waals surface area contributed by atoms with Crippen molar-refractivity contribution in [3.8, 4) is 0 Å². The molecule has 1 aliphatic rings. The first-order valence-corrected chi connectivity index (χ1v) is 8.88. The van der Waals surface area contributed by atoms with Crippen molar-refractivity contribution in [1.82, 2.24) is 14.9 Å². The van der Waals surface area contributed by atoms with Gasteiger partial charge in [-0.2, -0.15) is 9.37 Å². The van der Waals surface area contributed by atoms with Crippen LogP contribution in [0.1, 0.15) is 29.5 Å². The van der Waals surface area contributed by atoms with Crippen molar-refractivity contribution in [1.29, 1.82) is 0 Å². The average Bonchev–Trinajstić information content (AvgIpc) is 3.08. The monoisotopic (exact) mass is 348 g/mol. The van der Waals surface area contributed by atoms with Gasteiger partial charge in [-0.05, 0) is 43.9 Å². The highest BCUT2D eigenvalue weighted by atomic mass is 32.1. The van der Waals surface area contributed by atoms with Crippen molar-refractivity contribution >= 4 is 22.4 Å². The van der Waals surface area contributed by atoms with Crippen LogP contribution in [0.15, 0.2) is 18.3 Å². The van der Waals surface area contributed by atoms with Crippen LogP contribution in [0, 0.1) is 18.8 Å². The van der Waals surface area contributed by atoms with Crippen LogP contribution in [0.4, 0.5) is 9.52 Å². The lowest BCUT2D eigenvalue weighted by Gasteiger charge is -2.14. The van der Waals surface area contributed by atoms with Gasteiger partial charge in [0.05, 0.1) is 4.88 Å². The van der Waals surface area contributed by atoms with E-state index in [1.54, 1.807) is 0 Å². The Morgan fingerprint density at radius 3 is 3.04 bits per heavy atom. The quantitative estimate of drug-likeness (QED) is 0.902. The molecule has 1 N–H and O–H groups in total. The predicted octanol–water partition coefficient (Wildman–Crippen LogP) is 3.01. The number of anilines is 1. The van der Waals surface area contributed by atoms with E-state index in [1.807, 2.05) is 13.1 Å². The van der Waals surface area contributed by atoms with Crippen LogP contribution >= 0.6 is 11.3 Å². The van der Waals surface area contributed by atoms with Gasteiger partial charge in [-0.25, -0.2) is 0 Å². The number of pyridine rings is 1. The number of aromatic nitrogens is 2. The van der Waals surface area contributed by atoms with E-state index in [0.29, 0.717) is 22.5 Å². The maximum Gasteiger partial charge on any atom is 0.230 e. The summed E-state index contributed by atoms with van der Waals surface area (Å²) in [4.78, 5) is 22.1. The van der Waals surface area contributed by atoms with E-state index in [1.165, 1.54) is 23.8 Å². The molecule has 1 aliphatic heterocycles. The summed E-state index contributed by atoms with van der Waals surface area (Å²) in [5, 5.41) is 2.87. The minimum Gasteiger partial charge on any atom is -0.302 e. The molecule has 0 aliphatic carbocycles. The van der Waals surface area contributed by atoms with Gasteiger partial charge in [0.25, 0.3) is 0 Å². The summed E-state index contributed by atoms with van der Waals surface area (Å²) >= 11 is 1.21. The lowest BCUT2D eigenvalue weighted by Crippen LogP contribution is -2.20. The van der Waals surface area contributed by atoms with E-state index in [-0.39, 0.29) is 5.91 Å². The minimum absolute atomic E-state index is 0.234. The number of rotatable bonds is 5. The predicted molar refractivity (Wildman–Crippen MR) is 92.4 cm³/mol. The highest BCUT2D eigenvalue weighted by molar-refractivity contribution is 7.15. The molecule has 3 heterocycles. The van der Waals surface area contributed by atoms with E-state index in [4.69, 9.17) is 0 Å². The number of carbonyl (C=O) groups is 1. The SMILES string of the molecule is CC(=O)Nc1nc(F)c(CN2CC[C@H](Cc3ccc(C)cn3)C2)s1. The van der Waals surface area contributed by atoms with Gasteiger partial charge in [0.1, 0.15) is 0 Å². The van der Waals surface area contributed by atoms with Gasteiger partial charge >= 0.3 is 0 Å². The zero-order valence-corrected chi connectivity index (χ0v) is 14.7. The molecule has 128 valence electrons. The van der Waals surface area contributed by atoms with Gasteiger partial charge < -0.3 is 5.32 Å². The molecule has 0 radical (unpaired) electrons. The largest absolute Gasteiger partial charge is 0.302 e. The van der Waals surface area contributed by atoms with Gasteiger partial charge in [-0.15, -0.1) is 0 Å². The molecule has 7 heteroatoms. The Kier molecular flexibility index (Phi) is 5.20. The second-order valence-electron chi connectivity index (χ2n) is 6.34. The second-order valence-corrected chi connectivity index (χ2v) is 7.42. The van der Waals surface area contributed by atoms with E-state index >= 15 is 0 Å². The molecule has 1 atom stereocenters. The zero-order chi connectivity index (χ0) is 17.1. The van der Waals surface area contributed by atoms with Gasteiger partial charge in [0.2, 0.25) is 11.9 Å². The lowest BCUT2D eigenvalue weighted by atomic mass is 10.0. The molecule has 2 aromatic heterocycles. The molecular formula is C17H21FN4OS. The molecule has 5 nitrogen and oxygen atoms in total. The molecule has 24 heavy (non-hydrogen) atoms. The van der Waals surface area contributed by atoms with Crippen molar-refractivity contribution < 1.29 is 9.18 Å². The summed E-state index contributed by atoms with van der Waals surface area (Å²) in [6.07, 6.45) is 3.95. The first-order chi connectivity index (χ1) is 11.5. The van der Waals surface area contributed by atoms with E-state index in [9.17, 15) is 9.18 Å². The Labute approximate surface area is 144 Å². The molecule has 0 aromatic carbocycles. The third-order valence-corrected chi connectivity index (χ3v) is 5.07. The smallest absolute Gasteiger partial charge is 0.230 e. The number of nitrogens with one attached hydrogen (secondary N) is 1. The number of amides is 1. The summed E-state index contributed by atoms with van der Waals surface area (Å²) in [6, 6.07) is 4.17. The molecule has 1 saturated heterocycles. The number of likely N-dealkylation sites (tertiary alicyclic amines) is 1. The molecule has 1 amide bonds. The number of nitrogens with zero attached hydrogens (tertiary/aromatic N) is 3. The number of hydrogen-bond acceptors (Lipinski definition) is 5. The lowest BCUT2D eigenvalue weighted by molar-refractivity contribution is -0.114. The first kappa shape index (κ1) is 17.0. The number of halogens is 1. The standard InChI is InChI=1S/C17H21FN4OS/c1-11-3-4-14(19-8-11)7-13-5-6-22(9-13)10-15-16(18)21-17(24-15)20-12(2)23/h3-4,8,13H,5-7,9-10H2,1-2H3,(H,20,21,23)/t13-/m1/s1. The number of hydrogen-bond donors (Lipinski definition) is 1. The summed E-state index contributed by atoms with van der Waals surface area (Å²) < 4.78 is 13.9. The maximum atomic E-state index is 13.9. The fraction of sp³-hybridized carbons (Fsp3) is 0.471. The molecular weight excluding hydrogens is 327 g/mol. The number of carbonyl (C=O) groups excluding carboxylic acids is 1. The Morgan fingerprint density at radius 2 is 2.33 bits per heavy atom. The second kappa shape index (κ2) is 7.36. The van der Waals surface area contributed by atoms with Crippen molar-refractivity contribution in [2.75, 3.05) is 18.4 Å². The molecule has 1 fully saturated rings. The average molecular weight is 348 g/mol. The molecule has 3 rings (SSSR count). The maximum absolute atomic E-state index is 13.9. The van der Waals surface area contributed by atoms with Crippen molar-refractivity contribution in [3.05, 3.63) is 40.4 Å². The van der Waals surface area contributed by atoms with Crippen LogP contribution in [0.5, 0.6) is 0 Å². The Hall–Kier alpha value is -1.86. The first-order valence-electron chi connectivity index (χ1n) is 8.06. The number of aryl methyl sites for hydroxylation is 1. The van der Waals surface area contributed by atoms with E-state index < -0.39 is 5.95 Å². The van der Waals surface area contributed by atoms with Crippen molar-refractivity contribution in [2.24, 2.45) is 5.92 Å². The highest BCUT2D eigenvalue weighted by Gasteiger charge is 2.25. The highest BCUT2D eigenvalue weighted by Crippen LogP contribution is 2.27. The van der Waals surface area contributed by atoms with Gasteiger partial charge in [0, 0.05) is 31.9 Å². The molecule has 0 unspecified atom stereocenters. The molecule has 2 aromatic rings. The van der Waals surface area contributed by atoms with Gasteiger partial charge in [-0.3, -0.25) is 14.7 Å². The molecule has 0 bridgehead atoms. The number of thiazole rings is 1. The summed E-state index contributed by atoms with van der Waals surface area (Å²) in [5.41, 5.74) is 2.28. The summed E-state index contributed by atoms with van der Waals surface area (Å²) in [5.74, 6) is -0.166. The molecule has 0 saturated carbocycles. The fourth-order valence-corrected chi connectivity index (χ4v) is 3.91. The minimum atomic E-state index is -0.479. The Bertz CT molecular complexity index is 716. The Balaban J connectivity index is 1.55. The van der Waals surface area contributed by atoms with Crippen LogP contribution in [0.2, 0.25) is 0 Å². The summed E-state index contributed by atoms with van der Waals surface area (Å²) in [6.45, 7) is 5.85. The third-order valence-electron chi connectivity index (χ3n) is 4.14. The zero-order valence-electron chi connectivity index (χ0n) is 13.9. The topological polar surface area (TPSA) is 58.1 Å². The van der Waals surface area contributed by atoms with Crippen LogP contribution < -0.4 is 5.32 Å². The van der Waals surface area contributed by atoms with Crippen LogP contribution in [0.3, 0.4) is 0 Å². The van der Waals surface area contributed by atoms with Crippen LogP contribution in [-0.4, -0.2) is 33.9 Å². The normalized spacial score (nSPS) is 18.0. The van der Waals surface area contributed by atoms with Crippen molar-refractivity contribution in [2.45, 2.75) is 33.2 Å². The fourth-order valence-electron chi connectivity index (χ4n) is 2.98.